The molecule has 1 aliphatic heterocycles. The predicted octanol–water partition coefficient (Wildman–Crippen LogP) is 2.41. The van der Waals surface area contributed by atoms with Gasteiger partial charge in [0, 0.05) is 57.2 Å². The molecule has 0 bridgehead atoms. The number of benzene rings is 1. The molecule has 0 unspecified atom stereocenters. The van der Waals surface area contributed by atoms with Crippen LogP contribution in [-0.2, 0) is 10.2 Å². The summed E-state index contributed by atoms with van der Waals surface area (Å²) in [6.45, 7) is 1.32. The van der Waals surface area contributed by atoms with Crippen LogP contribution in [0.15, 0.2) is 42.7 Å². The summed E-state index contributed by atoms with van der Waals surface area (Å²) in [5.74, 6) is 0.399. The first-order chi connectivity index (χ1) is 15.0. The van der Waals surface area contributed by atoms with Crippen molar-refractivity contribution in [1.29, 1.82) is 0 Å². The quantitative estimate of drug-likeness (QED) is 0.708. The van der Waals surface area contributed by atoms with E-state index in [4.69, 9.17) is 0 Å². The van der Waals surface area contributed by atoms with Crippen LogP contribution in [0, 0.1) is 0 Å². The van der Waals surface area contributed by atoms with Crippen molar-refractivity contribution in [3.05, 3.63) is 48.3 Å². The Kier molecular flexibility index (Phi) is 6.64. The van der Waals surface area contributed by atoms with Crippen molar-refractivity contribution in [2.45, 2.75) is 38.1 Å². The Balaban J connectivity index is 1.36. The van der Waals surface area contributed by atoms with Crippen molar-refractivity contribution in [2.75, 3.05) is 33.2 Å². The number of piperazine rings is 1. The molecule has 8 nitrogen and oxygen atoms in total. The zero-order valence-corrected chi connectivity index (χ0v) is 18.7. The number of amides is 1. The van der Waals surface area contributed by atoms with E-state index in [2.05, 4.69) is 9.97 Å². The van der Waals surface area contributed by atoms with E-state index >= 15 is 0 Å². The number of carbonyl (C=O) groups is 1. The zero-order chi connectivity index (χ0) is 21.8. The third kappa shape index (κ3) is 4.78. The normalized spacial score (nSPS) is 19.0. The molecule has 1 amide bonds. The minimum absolute atomic E-state index is 0.0821. The standard InChI is InChI=1S/C22H29N5O3S/c1-25(20-10-6-3-7-11-20)31(29,30)27-14-12-26(13-15-27)22(28)19-16-23-21(24-17-19)18-8-4-2-5-9-18/h2,4-5,8-9,16-17,20H,3,6-7,10-15H2,1H3. The van der Waals surface area contributed by atoms with Crippen LogP contribution in [0.2, 0.25) is 0 Å². The molecule has 1 saturated carbocycles. The van der Waals surface area contributed by atoms with Crippen LogP contribution in [0.4, 0.5) is 0 Å². The van der Waals surface area contributed by atoms with Gasteiger partial charge in [-0.3, -0.25) is 4.79 Å². The van der Waals surface area contributed by atoms with Crippen molar-refractivity contribution in [1.82, 2.24) is 23.5 Å². The summed E-state index contributed by atoms with van der Waals surface area (Å²) in [4.78, 5) is 23.2. The lowest BCUT2D eigenvalue weighted by Crippen LogP contribution is -2.55. The maximum atomic E-state index is 13.0. The van der Waals surface area contributed by atoms with Crippen LogP contribution >= 0.6 is 0 Å². The maximum absolute atomic E-state index is 13.0. The van der Waals surface area contributed by atoms with E-state index in [0.717, 1.165) is 31.2 Å². The van der Waals surface area contributed by atoms with Gasteiger partial charge < -0.3 is 4.90 Å². The molecule has 166 valence electrons. The predicted molar refractivity (Wildman–Crippen MR) is 119 cm³/mol. The van der Waals surface area contributed by atoms with Gasteiger partial charge >= 0.3 is 0 Å². The van der Waals surface area contributed by atoms with Crippen molar-refractivity contribution in [3.8, 4) is 11.4 Å². The summed E-state index contributed by atoms with van der Waals surface area (Å²) in [6.07, 6.45) is 8.27. The third-order valence-electron chi connectivity index (χ3n) is 6.24. The first kappa shape index (κ1) is 21.9. The number of nitrogens with zero attached hydrogens (tertiary/aromatic N) is 5. The van der Waals surface area contributed by atoms with E-state index in [0.29, 0.717) is 37.6 Å². The Morgan fingerprint density at radius 2 is 1.58 bits per heavy atom. The van der Waals surface area contributed by atoms with Crippen molar-refractivity contribution >= 4 is 16.1 Å². The van der Waals surface area contributed by atoms with E-state index in [1.807, 2.05) is 30.3 Å². The molecule has 0 spiro atoms. The molecule has 1 saturated heterocycles. The number of aromatic nitrogens is 2. The van der Waals surface area contributed by atoms with Crippen LogP contribution in [0.3, 0.4) is 0 Å². The molecule has 1 aliphatic carbocycles. The second-order valence-electron chi connectivity index (χ2n) is 8.17. The van der Waals surface area contributed by atoms with Crippen molar-refractivity contribution < 1.29 is 13.2 Å². The van der Waals surface area contributed by atoms with E-state index in [9.17, 15) is 13.2 Å². The smallest absolute Gasteiger partial charge is 0.282 e. The molecule has 2 fully saturated rings. The fraction of sp³-hybridized carbons (Fsp3) is 0.500. The highest BCUT2D eigenvalue weighted by Gasteiger charge is 2.35. The topological polar surface area (TPSA) is 86.7 Å². The van der Waals surface area contributed by atoms with Crippen molar-refractivity contribution in [3.63, 3.8) is 0 Å². The van der Waals surface area contributed by atoms with Gasteiger partial charge in [-0.25, -0.2) is 9.97 Å². The van der Waals surface area contributed by atoms with Gasteiger partial charge in [-0.05, 0) is 12.8 Å². The summed E-state index contributed by atoms with van der Waals surface area (Å²) in [7, 11) is -1.82. The Morgan fingerprint density at radius 1 is 0.968 bits per heavy atom. The van der Waals surface area contributed by atoms with Crippen LogP contribution in [0.5, 0.6) is 0 Å². The Labute approximate surface area is 184 Å². The molecular weight excluding hydrogens is 414 g/mol. The van der Waals surface area contributed by atoms with E-state index in [1.165, 1.54) is 23.1 Å². The van der Waals surface area contributed by atoms with Crippen LogP contribution in [0.1, 0.15) is 42.5 Å². The lowest BCUT2D eigenvalue weighted by molar-refractivity contribution is 0.0692. The van der Waals surface area contributed by atoms with Gasteiger partial charge in [0.25, 0.3) is 16.1 Å². The zero-order valence-electron chi connectivity index (χ0n) is 17.9. The van der Waals surface area contributed by atoms with Gasteiger partial charge in [0.1, 0.15) is 0 Å². The van der Waals surface area contributed by atoms with Crippen LogP contribution in [0.25, 0.3) is 11.4 Å². The minimum atomic E-state index is -3.51. The Morgan fingerprint density at radius 3 is 2.19 bits per heavy atom. The van der Waals surface area contributed by atoms with Gasteiger partial charge in [0.05, 0.1) is 5.56 Å². The van der Waals surface area contributed by atoms with E-state index in [-0.39, 0.29) is 11.9 Å². The van der Waals surface area contributed by atoms with E-state index in [1.54, 1.807) is 16.3 Å². The molecule has 4 rings (SSSR count). The summed E-state index contributed by atoms with van der Waals surface area (Å²) in [5, 5.41) is 0. The number of rotatable bonds is 5. The highest BCUT2D eigenvalue weighted by Crippen LogP contribution is 2.25. The average molecular weight is 444 g/mol. The molecule has 2 heterocycles. The van der Waals surface area contributed by atoms with E-state index < -0.39 is 10.2 Å². The Hall–Kier alpha value is -2.36. The summed E-state index contributed by atoms with van der Waals surface area (Å²) < 4.78 is 29.1. The second-order valence-corrected chi connectivity index (χ2v) is 10.2. The number of carbonyl (C=O) groups excluding carboxylic acids is 1. The largest absolute Gasteiger partial charge is 0.336 e. The molecular formula is C22H29N5O3S. The molecule has 1 aromatic carbocycles. The molecule has 0 atom stereocenters. The molecule has 1 aromatic heterocycles. The minimum Gasteiger partial charge on any atom is -0.336 e. The monoisotopic (exact) mass is 443 g/mol. The lowest BCUT2D eigenvalue weighted by Gasteiger charge is -2.38. The van der Waals surface area contributed by atoms with Gasteiger partial charge in [0.15, 0.2) is 5.82 Å². The van der Waals surface area contributed by atoms with Gasteiger partial charge in [-0.2, -0.15) is 17.0 Å². The lowest BCUT2D eigenvalue weighted by atomic mass is 9.96. The summed E-state index contributed by atoms with van der Waals surface area (Å²) in [5.41, 5.74) is 1.30. The fourth-order valence-corrected chi connectivity index (χ4v) is 5.87. The number of hydrogen-bond donors (Lipinski definition) is 0. The third-order valence-corrected chi connectivity index (χ3v) is 8.28. The Bertz CT molecular complexity index is 984. The first-order valence-electron chi connectivity index (χ1n) is 10.9. The van der Waals surface area contributed by atoms with Crippen LogP contribution in [-0.4, -0.2) is 77.1 Å². The summed E-state index contributed by atoms with van der Waals surface area (Å²) >= 11 is 0. The SMILES string of the molecule is CN(C1CCCCC1)S(=O)(=O)N1CCN(C(=O)c2cnc(-c3ccccc3)nc2)CC1. The van der Waals surface area contributed by atoms with Gasteiger partial charge in [0.2, 0.25) is 0 Å². The van der Waals surface area contributed by atoms with Crippen LogP contribution < -0.4 is 0 Å². The molecule has 9 heteroatoms. The van der Waals surface area contributed by atoms with Crippen molar-refractivity contribution in [2.24, 2.45) is 0 Å². The number of hydrogen-bond acceptors (Lipinski definition) is 5. The molecule has 2 aromatic rings. The highest BCUT2D eigenvalue weighted by molar-refractivity contribution is 7.86. The highest BCUT2D eigenvalue weighted by atomic mass is 32.2. The molecule has 31 heavy (non-hydrogen) atoms. The molecule has 0 N–H and O–H groups in total. The van der Waals surface area contributed by atoms with Gasteiger partial charge in [-0.15, -0.1) is 0 Å². The molecule has 0 radical (unpaired) electrons. The summed E-state index contributed by atoms with van der Waals surface area (Å²) in [6, 6.07) is 9.67. The maximum Gasteiger partial charge on any atom is 0.282 e. The fourth-order valence-electron chi connectivity index (χ4n) is 4.29. The first-order valence-corrected chi connectivity index (χ1v) is 12.3. The molecule has 2 aliphatic rings. The average Bonchev–Trinajstić information content (AvgIpc) is 2.84. The second kappa shape index (κ2) is 9.42. The van der Waals surface area contributed by atoms with Gasteiger partial charge in [-0.1, -0.05) is 49.6 Å².